The smallest absolute Gasteiger partial charge is 0.310 e. The number of carbonyl (C=O) groups is 1. The van der Waals surface area contributed by atoms with Crippen molar-refractivity contribution in [3.05, 3.63) is 29.3 Å². The first-order valence-corrected chi connectivity index (χ1v) is 4.97. The van der Waals surface area contributed by atoms with Gasteiger partial charge in [-0.25, -0.2) is 0 Å². The van der Waals surface area contributed by atoms with E-state index in [2.05, 4.69) is 0 Å². The van der Waals surface area contributed by atoms with E-state index in [0.717, 1.165) is 5.56 Å². The molecule has 0 bridgehead atoms. The van der Waals surface area contributed by atoms with Gasteiger partial charge in [-0.1, -0.05) is 17.7 Å². The molecule has 0 aliphatic rings. The van der Waals surface area contributed by atoms with Crippen molar-refractivity contribution in [2.45, 2.75) is 33.3 Å². The average Bonchev–Trinajstić information content (AvgIpc) is 2.10. The first-order chi connectivity index (χ1) is 6.99. The molecule has 1 N–H and O–H groups in total. The molecule has 82 valence electrons. The van der Waals surface area contributed by atoms with Crippen LogP contribution in [0.25, 0.3) is 0 Å². The van der Waals surface area contributed by atoms with E-state index in [1.807, 2.05) is 6.92 Å². The Bertz CT molecular complexity index is 356. The SMILES string of the molecule is Cc1ccc(O)c(CC(=O)OC(C)C)c1. The monoisotopic (exact) mass is 208 g/mol. The molecule has 0 unspecified atom stereocenters. The highest BCUT2D eigenvalue weighted by Crippen LogP contribution is 2.19. The number of aromatic hydroxyl groups is 1. The number of hydrogen-bond acceptors (Lipinski definition) is 3. The fourth-order valence-electron chi connectivity index (χ4n) is 1.32. The van der Waals surface area contributed by atoms with Gasteiger partial charge in [-0.3, -0.25) is 4.79 Å². The van der Waals surface area contributed by atoms with E-state index in [0.29, 0.717) is 5.56 Å². The first-order valence-electron chi connectivity index (χ1n) is 4.97. The Labute approximate surface area is 89.7 Å². The predicted molar refractivity (Wildman–Crippen MR) is 57.8 cm³/mol. The molecule has 0 radical (unpaired) electrons. The zero-order chi connectivity index (χ0) is 11.4. The summed E-state index contributed by atoms with van der Waals surface area (Å²) < 4.78 is 5.00. The van der Waals surface area contributed by atoms with Gasteiger partial charge < -0.3 is 9.84 Å². The Morgan fingerprint density at radius 2 is 2.13 bits per heavy atom. The maximum atomic E-state index is 11.4. The summed E-state index contributed by atoms with van der Waals surface area (Å²) in [5.74, 6) is -0.174. The van der Waals surface area contributed by atoms with Crippen LogP contribution in [-0.2, 0) is 16.0 Å². The van der Waals surface area contributed by atoms with Crippen molar-refractivity contribution in [1.29, 1.82) is 0 Å². The summed E-state index contributed by atoms with van der Waals surface area (Å²) in [5, 5.41) is 9.51. The van der Waals surface area contributed by atoms with Gasteiger partial charge in [-0.15, -0.1) is 0 Å². The van der Waals surface area contributed by atoms with Crippen LogP contribution in [0.2, 0.25) is 0 Å². The molecule has 0 heterocycles. The summed E-state index contributed by atoms with van der Waals surface area (Å²) in [6.07, 6.45) is -0.00412. The Morgan fingerprint density at radius 1 is 1.47 bits per heavy atom. The van der Waals surface area contributed by atoms with Crippen LogP contribution in [0.15, 0.2) is 18.2 Å². The Hall–Kier alpha value is -1.51. The van der Waals surface area contributed by atoms with Crippen molar-refractivity contribution in [3.63, 3.8) is 0 Å². The molecule has 0 aliphatic heterocycles. The van der Waals surface area contributed by atoms with Gasteiger partial charge in [0.1, 0.15) is 5.75 Å². The maximum Gasteiger partial charge on any atom is 0.310 e. The molecule has 0 aliphatic carbocycles. The van der Waals surface area contributed by atoms with Crippen molar-refractivity contribution >= 4 is 5.97 Å². The molecular formula is C12H16O3. The summed E-state index contributed by atoms with van der Waals surface area (Å²) in [7, 11) is 0. The molecule has 0 saturated heterocycles. The second-order valence-corrected chi connectivity index (χ2v) is 3.85. The molecule has 1 aromatic rings. The number of hydrogen-bond donors (Lipinski definition) is 1. The highest BCUT2D eigenvalue weighted by molar-refractivity contribution is 5.73. The second kappa shape index (κ2) is 4.82. The van der Waals surface area contributed by atoms with Gasteiger partial charge in [0, 0.05) is 5.56 Å². The maximum absolute atomic E-state index is 11.4. The quantitative estimate of drug-likeness (QED) is 0.774. The standard InChI is InChI=1S/C12H16O3/c1-8(2)15-12(14)7-10-6-9(3)4-5-11(10)13/h4-6,8,13H,7H2,1-3H3. The molecule has 1 rings (SSSR count). The summed E-state index contributed by atoms with van der Waals surface area (Å²) in [6, 6.07) is 5.18. The summed E-state index contributed by atoms with van der Waals surface area (Å²) in [6.45, 7) is 5.51. The molecular weight excluding hydrogens is 192 g/mol. The third-order valence-electron chi connectivity index (χ3n) is 1.94. The van der Waals surface area contributed by atoms with E-state index >= 15 is 0 Å². The van der Waals surface area contributed by atoms with Gasteiger partial charge in [0.15, 0.2) is 0 Å². The van der Waals surface area contributed by atoms with Crippen LogP contribution >= 0.6 is 0 Å². The molecule has 0 spiro atoms. The van der Waals surface area contributed by atoms with Gasteiger partial charge in [0.05, 0.1) is 12.5 Å². The molecule has 3 nitrogen and oxygen atoms in total. The molecule has 0 fully saturated rings. The van der Waals surface area contributed by atoms with Gasteiger partial charge in [-0.05, 0) is 26.8 Å². The minimum atomic E-state index is -0.314. The fraction of sp³-hybridized carbons (Fsp3) is 0.417. The number of ether oxygens (including phenoxy) is 1. The lowest BCUT2D eigenvalue weighted by Gasteiger charge is -2.09. The Kier molecular flexibility index (Phi) is 3.72. The van der Waals surface area contributed by atoms with Crippen LogP contribution in [0.3, 0.4) is 0 Å². The average molecular weight is 208 g/mol. The number of carbonyl (C=O) groups excluding carboxylic acids is 1. The third-order valence-corrected chi connectivity index (χ3v) is 1.94. The van der Waals surface area contributed by atoms with Gasteiger partial charge in [0.25, 0.3) is 0 Å². The zero-order valence-electron chi connectivity index (χ0n) is 9.28. The van der Waals surface area contributed by atoms with Crippen molar-refractivity contribution in [2.24, 2.45) is 0 Å². The van der Waals surface area contributed by atoms with Crippen molar-refractivity contribution in [2.75, 3.05) is 0 Å². The Balaban J connectivity index is 2.71. The first kappa shape index (κ1) is 11.6. The van der Waals surface area contributed by atoms with Gasteiger partial charge >= 0.3 is 5.97 Å². The highest BCUT2D eigenvalue weighted by Gasteiger charge is 2.10. The number of esters is 1. The molecule has 0 aromatic heterocycles. The van der Waals surface area contributed by atoms with Crippen LogP contribution in [-0.4, -0.2) is 17.2 Å². The summed E-state index contributed by atoms with van der Waals surface area (Å²) >= 11 is 0. The van der Waals surface area contributed by atoms with E-state index in [-0.39, 0.29) is 24.2 Å². The largest absolute Gasteiger partial charge is 0.508 e. The van der Waals surface area contributed by atoms with E-state index in [9.17, 15) is 9.90 Å². The Morgan fingerprint density at radius 3 is 2.73 bits per heavy atom. The number of benzene rings is 1. The van der Waals surface area contributed by atoms with Crippen LogP contribution in [0.4, 0.5) is 0 Å². The number of rotatable bonds is 3. The minimum Gasteiger partial charge on any atom is -0.508 e. The molecule has 15 heavy (non-hydrogen) atoms. The number of phenolic OH excluding ortho intramolecular Hbond substituents is 1. The lowest BCUT2D eigenvalue weighted by molar-refractivity contribution is -0.146. The van der Waals surface area contributed by atoms with Crippen molar-refractivity contribution in [3.8, 4) is 5.75 Å². The van der Waals surface area contributed by atoms with Crippen LogP contribution < -0.4 is 0 Å². The summed E-state index contributed by atoms with van der Waals surface area (Å²) in [5.41, 5.74) is 1.63. The lowest BCUT2D eigenvalue weighted by Crippen LogP contribution is -2.13. The molecule has 0 saturated carbocycles. The van der Waals surface area contributed by atoms with E-state index in [4.69, 9.17) is 4.74 Å². The van der Waals surface area contributed by atoms with Gasteiger partial charge in [0.2, 0.25) is 0 Å². The summed E-state index contributed by atoms with van der Waals surface area (Å²) in [4.78, 5) is 11.4. The van der Waals surface area contributed by atoms with Crippen molar-refractivity contribution in [1.82, 2.24) is 0 Å². The number of aryl methyl sites for hydroxylation is 1. The zero-order valence-corrected chi connectivity index (χ0v) is 9.28. The molecule has 1 aromatic carbocycles. The number of phenols is 1. The molecule has 3 heteroatoms. The minimum absolute atomic E-state index is 0.117. The third kappa shape index (κ3) is 3.62. The lowest BCUT2D eigenvalue weighted by atomic mass is 10.1. The van der Waals surface area contributed by atoms with Gasteiger partial charge in [-0.2, -0.15) is 0 Å². The van der Waals surface area contributed by atoms with E-state index < -0.39 is 0 Å². The highest BCUT2D eigenvalue weighted by atomic mass is 16.5. The van der Waals surface area contributed by atoms with Crippen LogP contribution in [0.5, 0.6) is 5.75 Å². The molecule has 0 amide bonds. The molecule has 0 atom stereocenters. The predicted octanol–water partition coefficient (Wildman–Crippen LogP) is 2.19. The topological polar surface area (TPSA) is 46.5 Å². The second-order valence-electron chi connectivity index (χ2n) is 3.85. The van der Waals surface area contributed by atoms with Crippen LogP contribution in [0.1, 0.15) is 25.0 Å². The fourth-order valence-corrected chi connectivity index (χ4v) is 1.32. The normalized spacial score (nSPS) is 10.4. The van der Waals surface area contributed by atoms with Crippen molar-refractivity contribution < 1.29 is 14.6 Å². The van der Waals surface area contributed by atoms with E-state index in [1.165, 1.54) is 0 Å². The van der Waals surface area contributed by atoms with E-state index in [1.54, 1.807) is 32.0 Å². The van der Waals surface area contributed by atoms with Crippen LogP contribution in [0, 0.1) is 6.92 Å².